The van der Waals surface area contributed by atoms with Gasteiger partial charge in [0.1, 0.15) is 0 Å². The van der Waals surface area contributed by atoms with E-state index in [1.165, 1.54) is 12.8 Å². The molecule has 0 heterocycles. The van der Waals surface area contributed by atoms with Gasteiger partial charge in [0.05, 0.1) is 5.92 Å². The van der Waals surface area contributed by atoms with Crippen LogP contribution in [0.25, 0.3) is 0 Å². The molecule has 1 aliphatic rings. The third-order valence-electron chi connectivity index (χ3n) is 2.89. The Balaban J connectivity index is 2.45. The zero-order valence-electron chi connectivity index (χ0n) is 7.75. The van der Waals surface area contributed by atoms with E-state index in [0.29, 0.717) is 5.92 Å². The molecule has 1 rings (SSSR count). The van der Waals surface area contributed by atoms with E-state index in [2.05, 4.69) is 6.92 Å². The fourth-order valence-corrected chi connectivity index (χ4v) is 2.23. The quantitative estimate of drug-likeness (QED) is 0.704. The van der Waals surface area contributed by atoms with Crippen molar-refractivity contribution in [2.75, 3.05) is 0 Å². The van der Waals surface area contributed by atoms with E-state index in [4.69, 9.17) is 5.11 Å². The molecule has 1 N–H and O–H groups in total. The van der Waals surface area contributed by atoms with Crippen molar-refractivity contribution in [2.45, 2.75) is 45.4 Å². The highest BCUT2D eigenvalue weighted by Crippen LogP contribution is 2.33. The van der Waals surface area contributed by atoms with Crippen molar-refractivity contribution in [3.8, 4) is 0 Å². The van der Waals surface area contributed by atoms with Crippen molar-refractivity contribution in [2.24, 2.45) is 11.8 Å². The van der Waals surface area contributed by atoms with Gasteiger partial charge >= 0.3 is 5.97 Å². The third-order valence-corrected chi connectivity index (χ3v) is 2.89. The summed E-state index contributed by atoms with van der Waals surface area (Å²) in [5, 5.41) is 8.96. The van der Waals surface area contributed by atoms with Gasteiger partial charge in [-0.25, -0.2) is 0 Å². The van der Waals surface area contributed by atoms with Gasteiger partial charge in [-0.2, -0.15) is 0 Å². The summed E-state index contributed by atoms with van der Waals surface area (Å²) in [6, 6.07) is 0. The molecule has 0 saturated heterocycles. The van der Waals surface area contributed by atoms with Crippen molar-refractivity contribution >= 4 is 5.97 Å². The molecule has 0 radical (unpaired) electrons. The Labute approximate surface area is 74.0 Å². The van der Waals surface area contributed by atoms with Crippen LogP contribution in [-0.2, 0) is 4.79 Å². The van der Waals surface area contributed by atoms with Gasteiger partial charge < -0.3 is 5.11 Å². The predicted octanol–water partition coefficient (Wildman–Crippen LogP) is 2.68. The average molecular weight is 170 g/mol. The van der Waals surface area contributed by atoms with E-state index in [9.17, 15) is 4.79 Å². The maximum Gasteiger partial charge on any atom is 0.306 e. The zero-order valence-corrected chi connectivity index (χ0v) is 7.75. The monoisotopic (exact) mass is 170 g/mol. The van der Waals surface area contributed by atoms with Crippen LogP contribution < -0.4 is 0 Å². The molecule has 0 aromatic heterocycles. The lowest BCUT2D eigenvalue weighted by molar-refractivity contribution is -0.143. The molecule has 0 unspecified atom stereocenters. The molecular formula is C10H18O2. The van der Waals surface area contributed by atoms with Crippen molar-refractivity contribution in [3.63, 3.8) is 0 Å². The van der Waals surface area contributed by atoms with Crippen LogP contribution in [0.1, 0.15) is 45.4 Å². The molecule has 0 amide bonds. The van der Waals surface area contributed by atoms with Crippen LogP contribution in [0.5, 0.6) is 0 Å². The number of rotatable bonds is 4. The van der Waals surface area contributed by atoms with Gasteiger partial charge in [-0.05, 0) is 25.2 Å². The summed E-state index contributed by atoms with van der Waals surface area (Å²) in [5.74, 6) is -0.163. The summed E-state index contributed by atoms with van der Waals surface area (Å²) in [4.78, 5) is 10.9. The number of hydrogen-bond donors (Lipinski definition) is 1. The van der Waals surface area contributed by atoms with E-state index in [-0.39, 0.29) is 5.92 Å². The first kappa shape index (κ1) is 9.56. The number of carbonyl (C=O) groups is 1. The Morgan fingerprint density at radius 3 is 2.50 bits per heavy atom. The molecule has 1 atom stereocenters. The fourth-order valence-electron chi connectivity index (χ4n) is 2.23. The Kier molecular flexibility index (Phi) is 3.57. The molecule has 1 fully saturated rings. The van der Waals surface area contributed by atoms with Crippen LogP contribution >= 0.6 is 0 Å². The first-order valence-corrected chi connectivity index (χ1v) is 4.98. The average Bonchev–Trinajstić information content (AvgIpc) is 2.51. The molecule has 2 nitrogen and oxygen atoms in total. The van der Waals surface area contributed by atoms with Crippen LogP contribution in [0.3, 0.4) is 0 Å². The summed E-state index contributed by atoms with van der Waals surface area (Å²) in [5.41, 5.74) is 0. The van der Waals surface area contributed by atoms with Crippen LogP contribution in [0.2, 0.25) is 0 Å². The molecular weight excluding hydrogens is 152 g/mol. The Morgan fingerprint density at radius 1 is 1.50 bits per heavy atom. The number of carboxylic acid groups (broad SMARTS) is 1. The predicted molar refractivity (Wildman–Crippen MR) is 48.0 cm³/mol. The molecule has 2 heteroatoms. The topological polar surface area (TPSA) is 37.3 Å². The van der Waals surface area contributed by atoms with Crippen LogP contribution in [0.4, 0.5) is 0 Å². The second-order valence-corrected chi connectivity index (χ2v) is 3.78. The minimum absolute atomic E-state index is 0.0579. The largest absolute Gasteiger partial charge is 0.481 e. The standard InChI is InChI=1S/C10H18O2/c1-2-5-9(10(11)12)8-6-3-4-7-8/h8-9H,2-7H2,1H3,(H,11,12)/t9-/m1/s1. The van der Waals surface area contributed by atoms with Gasteiger partial charge in [0.15, 0.2) is 0 Å². The SMILES string of the molecule is CCC[C@@H](C(=O)O)C1CCCC1. The lowest BCUT2D eigenvalue weighted by Gasteiger charge is -2.17. The molecule has 12 heavy (non-hydrogen) atoms. The number of aliphatic carboxylic acids is 1. The van der Waals surface area contributed by atoms with Gasteiger partial charge in [-0.15, -0.1) is 0 Å². The van der Waals surface area contributed by atoms with Crippen molar-refractivity contribution in [1.82, 2.24) is 0 Å². The van der Waals surface area contributed by atoms with Gasteiger partial charge in [-0.1, -0.05) is 26.2 Å². The van der Waals surface area contributed by atoms with Gasteiger partial charge in [0.25, 0.3) is 0 Å². The molecule has 0 aromatic rings. The Hall–Kier alpha value is -0.530. The second kappa shape index (κ2) is 4.48. The first-order chi connectivity index (χ1) is 5.75. The lowest BCUT2D eigenvalue weighted by atomic mass is 9.87. The fraction of sp³-hybridized carbons (Fsp3) is 0.900. The molecule has 0 aliphatic heterocycles. The highest BCUT2D eigenvalue weighted by Gasteiger charge is 2.29. The molecule has 70 valence electrons. The maximum absolute atomic E-state index is 10.9. The zero-order chi connectivity index (χ0) is 8.97. The van der Waals surface area contributed by atoms with E-state index in [1.54, 1.807) is 0 Å². The van der Waals surface area contributed by atoms with Crippen LogP contribution in [0.15, 0.2) is 0 Å². The van der Waals surface area contributed by atoms with E-state index in [1.807, 2.05) is 0 Å². The highest BCUT2D eigenvalue weighted by molar-refractivity contribution is 5.70. The van der Waals surface area contributed by atoms with Crippen LogP contribution in [-0.4, -0.2) is 11.1 Å². The smallest absolute Gasteiger partial charge is 0.306 e. The third kappa shape index (κ3) is 2.23. The Bertz CT molecular complexity index is 148. The summed E-state index contributed by atoms with van der Waals surface area (Å²) >= 11 is 0. The molecule has 0 bridgehead atoms. The van der Waals surface area contributed by atoms with Gasteiger partial charge in [0, 0.05) is 0 Å². The van der Waals surface area contributed by atoms with Crippen molar-refractivity contribution in [1.29, 1.82) is 0 Å². The Morgan fingerprint density at radius 2 is 2.08 bits per heavy atom. The molecule has 0 aromatic carbocycles. The molecule has 1 aliphatic carbocycles. The normalized spacial score (nSPS) is 21.1. The number of hydrogen-bond acceptors (Lipinski definition) is 1. The lowest BCUT2D eigenvalue weighted by Crippen LogP contribution is -2.21. The highest BCUT2D eigenvalue weighted by atomic mass is 16.4. The summed E-state index contributed by atoms with van der Waals surface area (Å²) in [7, 11) is 0. The first-order valence-electron chi connectivity index (χ1n) is 4.98. The summed E-state index contributed by atoms with van der Waals surface area (Å²) in [6.07, 6.45) is 6.59. The minimum Gasteiger partial charge on any atom is -0.481 e. The van der Waals surface area contributed by atoms with Crippen molar-refractivity contribution < 1.29 is 9.90 Å². The molecule has 1 saturated carbocycles. The molecule has 0 spiro atoms. The van der Waals surface area contributed by atoms with E-state index >= 15 is 0 Å². The van der Waals surface area contributed by atoms with E-state index in [0.717, 1.165) is 25.7 Å². The maximum atomic E-state index is 10.9. The van der Waals surface area contributed by atoms with E-state index < -0.39 is 5.97 Å². The second-order valence-electron chi connectivity index (χ2n) is 3.78. The number of carboxylic acids is 1. The van der Waals surface area contributed by atoms with Crippen molar-refractivity contribution in [3.05, 3.63) is 0 Å². The van der Waals surface area contributed by atoms with Gasteiger partial charge in [-0.3, -0.25) is 4.79 Å². The summed E-state index contributed by atoms with van der Waals surface area (Å²) < 4.78 is 0. The van der Waals surface area contributed by atoms with Crippen LogP contribution in [0, 0.1) is 11.8 Å². The van der Waals surface area contributed by atoms with Gasteiger partial charge in [0.2, 0.25) is 0 Å². The summed E-state index contributed by atoms with van der Waals surface area (Å²) in [6.45, 7) is 2.06. The minimum atomic E-state index is -0.580.